The molecule has 16 heteroatoms. The molecule has 1 saturated heterocycles. The molecule has 1 aliphatic rings. The number of hydrogen-bond acceptors (Lipinski definition) is 9. The monoisotopic (exact) mass is 636 g/mol. The third-order valence-electron chi connectivity index (χ3n) is 6.72. The second kappa shape index (κ2) is 12.6. The molecule has 0 radical (unpaired) electrons. The molecule has 0 unspecified atom stereocenters. The molecule has 0 aliphatic carbocycles. The number of carbonyl (C=O) groups excluding carboxylic acids is 1. The topological polar surface area (TPSA) is 183 Å². The highest BCUT2D eigenvalue weighted by atomic mass is 35.5. The number of aliphatic hydroxyl groups excluding tert-OH is 2. The second-order valence-corrected chi connectivity index (χ2v) is 12.1. The van der Waals surface area contributed by atoms with E-state index < -0.39 is 44.2 Å². The van der Waals surface area contributed by atoms with Gasteiger partial charge in [-0.25, -0.2) is 4.68 Å². The van der Waals surface area contributed by atoms with Gasteiger partial charge in [0.25, 0.3) is 0 Å². The molecule has 42 heavy (non-hydrogen) atoms. The number of halogens is 2. The summed E-state index contributed by atoms with van der Waals surface area (Å²) in [5.41, 5.74) is 1.73. The van der Waals surface area contributed by atoms with Crippen LogP contribution in [-0.2, 0) is 27.2 Å². The highest BCUT2D eigenvalue weighted by molar-refractivity contribution is 7.52. The van der Waals surface area contributed by atoms with E-state index in [1.807, 2.05) is 18.2 Å². The molecule has 2 aromatic carbocycles. The molecule has 2 aromatic heterocycles. The van der Waals surface area contributed by atoms with Gasteiger partial charge in [-0.2, -0.15) is 15.1 Å². The summed E-state index contributed by atoms with van der Waals surface area (Å²) in [6.45, 7) is 0.0690. The Morgan fingerprint density at radius 2 is 1.76 bits per heavy atom. The number of amides is 1. The van der Waals surface area contributed by atoms with Crippen molar-refractivity contribution in [1.29, 1.82) is 0 Å². The summed E-state index contributed by atoms with van der Waals surface area (Å²) in [4.78, 5) is 41.3. The number of nitrogens with one attached hydrogen (secondary N) is 1. The van der Waals surface area contributed by atoms with Crippen LogP contribution < -0.4 is 5.32 Å². The van der Waals surface area contributed by atoms with Gasteiger partial charge in [0.15, 0.2) is 11.9 Å². The van der Waals surface area contributed by atoms with Crippen molar-refractivity contribution < 1.29 is 34.1 Å². The Balaban J connectivity index is 1.38. The summed E-state index contributed by atoms with van der Waals surface area (Å²) in [6, 6.07) is 16.1. The number of benzene rings is 2. The van der Waals surface area contributed by atoms with Gasteiger partial charge in [0, 0.05) is 24.7 Å². The Morgan fingerprint density at radius 1 is 1.05 bits per heavy atom. The molecule has 3 heterocycles. The maximum atomic E-state index is 12.9. The minimum absolute atomic E-state index is 0.00100. The molecular weight excluding hydrogens is 610 g/mol. The first-order valence-electron chi connectivity index (χ1n) is 12.8. The first kappa shape index (κ1) is 30.3. The van der Waals surface area contributed by atoms with Crippen molar-refractivity contribution in [3.63, 3.8) is 0 Å². The molecule has 0 spiro atoms. The van der Waals surface area contributed by atoms with E-state index >= 15 is 0 Å². The first-order valence-corrected chi connectivity index (χ1v) is 15.3. The van der Waals surface area contributed by atoms with E-state index in [2.05, 4.69) is 20.4 Å². The van der Waals surface area contributed by atoms with E-state index in [4.69, 9.17) is 27.9 Å². The van der Waals surface area contributed by atoms with Crippen molar-refractivity contribution in [2.75, 3.05) is 18.0 Å². The van der Waals surface area contributed by atoms with Gasteiger partial charge < -0.3 is 35.0 Å². The standard InChI is InChI=1S/C26H27Cl2N6O7P/c27-18-9-5-4-8-16(18)10-29-23-17-11-30-34(24(17)32-26(28)31-23)25-22(37)21(36)19(41-25)13-33(20(35)14-42(38,39)40)12-15-6-2-1-3-7-15/h1-9,11,19,21-22,25,36-37H,10,12-14H2,(H,29,31,32)(H2,38,39,40)/t19-,21-,22-,25-/m1/s1. The van der Waals surface area contributed by atoms with E-state index in [-0.39, 0.29) is 24.0 Å². The zero-order valence-corrected chi connectivity index (χ0v) is 24.3. The molecule has 1 fully saturated rings. The molecule has 1 amide bonds. The van der Waals surface area contributed by atoms with Crippen LogP contribution in [0.25, 0.3) is 11.0 Å². The quantitative estimate of drug-likeness (QED) is 0.127. The van der Waals surface area contributed by atoms with Gasteiger partial charge >= 0.3 is 7.60 Å². The van der Waals surface area contributed by atoms with Gasteiger partial charge in [0.1, 0.15) is 30.3 Å². The zero-order chi connectivity index (χ0) is 30.0. The van der Waals surface area contributed by atoms with Crippen LogP contribution in [0, 0.1) is 0 Å². The minimum Gasteiger partial charge on any atom is -0.387 e. The Morgan fingerprint density at radius 3 is 2.48 bits per heavy atom. The maximum absolute atomic E-state index is 12.9. The third kappa shape index (κ3) is 6.91. The van der Waals surface area contributed by atoms with Crippen molar-refractivity contribution in [1.82, 2.24) is 24.6 Å². The Bertz CT molecular complexity index is 1620. The summed E-state index contributed by atoms with van der Waals surface area (Å²) in [6.07, 6.45) is -4.85. The van der Waals surface area contributed by atoms with Crippen LogP contribution in [0.15, 0.2) is 60.8 Å². The number of rotatable bonds is 10. The van der Waals surface area contributed by atoms with Crippen molar-refractivity contribution >= 4 is 53.6 Å². The molecule has 5 rings (SSSR count). The van der Waals surface area contributed by atoms with Crippen molar-refractivity contribution in [2.45, 2.75) is 37.6 Å². The molecule has 5 N–H and O–H groups in total. The predicted octanol–water partition coefficient (Wildman–Crippen LogP) is 2.57. The molecule has 0 saturated carbocycles. The number of carbonyl (C=O) groups is 1. The summed E-state index contributed by atoms with van der Waals surface area (Å²) >= 11 is 12.5. The van der Waals surface area contributed by atoms with Crippen molar-refractivity contribution in [3.05, 3.63) is 82.2 Å². The van der Waals surface area contributed by atoms with Gasteiger partial charge in [-0.3, -0.25) is 9.36 Å². The number of aromatic nitrogens is 4. The van der Waals surface area contributed by atoms with Crippen LogP contribution in [0.3, 0.4) is 0 Å². The van der Waals surface area contributed by atoms with E-state index in [9.17, 15) is 29.4 Å². The molecule has 1 aliphatic heterocycles. The normalized spacial score (nSPS) is 20.6. The SMILES string of the molecule is O=C(CP(=O)(O)O)N(Cc1ccccc1)C[C@H]1O[C@@H](n2ncc3c(NCc4ccccc4Cl)nc(Cl)nc32)[C@H](O)[C@@H]1O. The fourth-order valence-electron chi connectivity index (χ4n) is 4.67. The van der Waals surface area contributed by atoms with Crippen LogP contribution >= 0.6 is 30.8 Å². The second-order valence-electron chi connectivity index (χ2n) is 9.74. The van der Waals surface area contributed by atoms with Crippen LogP contribution in [0.1, 0.15) is 17.4 Å². The molecular formula is C26H27Cl2N6O7P. The molecule has 4 aromatic rings. The number of aliphatic hydroxyl groups is 2. The van der Waals surface area contributed by atoms with Gasteiger partial charge in [-0.15, -0.1) is 0 Å². The van der Waals surface area contributed by atoms with E-state index in [0.29, 0.717) is 28.3 Å². The lowest BCUT2D eigenvalue weighted by Gasteiger charge is -2.27. The molecule has 13 nitrogen and oxygen atoms in total. The maximum Gasteiger partial charge on any atom is 0.334 e. The lowest BCUT2D eigenvalue weighted by Crippen LogP contribution is -2.43. The summed E-state index contributed by atoms with van der Waals surface area (Å²) < 4.78 is 18.8. The smallest absolute Gasteiger partial charge is 0.334 e. The van der Waals surface area contributed by atoms with Gasteiger partial charge in [-0.1, -0.05) is 60.1 Å². The Labute approximate surface area is 249 Å². The summed E-state index contributed by atoms with van der Waals surface area (Å²) in [5.74, 6) is -0.475. The third-order valence-corrected chi connectivity index (χ3v) is 7.94. The zero-order valence-electron chi connectivity index (χ0n) is 21.9. The fraction of sp³-hybridized carbons (Fsp3) is 0.308. The number of anilines is 1. The van der Waals surface area contributed by atoms with Crippen molar-refractivity contribution in [3.8, 4) is 0 Å². The van der Waals surface area contributed by atoms with Gasteiger partial charge in [0.2, 0.25) is 11.2 Å². The molecule has 4 atom stereocenters. The average Bonchev–Trinajstić information content (AvgIpc) is 3.47. The number of nitrogens with zero attached hydrogens (tertiary/aromatic N) is 5. The summed E-state index contributed by atoms with van der Waals surface area (Å²) in [5, 5.41) is 30.2. The van der Waals surface area contributed by atoms with E-state index in [1.165, 1.54) is 15.8 Å². The number of hydrogen-bond donors (Lipinski definition) is 5. The lowest BCUT2D eigenvalue weighted by atomic mass is 10.1. The number of ether oxygens (including phenoxy) is 1. The minimum atomic E-state index is -4.67. The van der Waals surface area contributed by atoms with Crippen LogP contribution in [-0.4, -0.2) is 81.6 Å². The predicted molar refractivity (Wildman–Crippen MR) is 154 cm³/mol. The molecule has 0 bridgehead atoms. The Kier molecular flexibility index (Phi) is 9.11. The van der Waals surface area contributed by atoms with E-state index in [0.717, 1.165) is 5.56 Å². The molecule has 222 valence electrons. The van der Waals surface area contributed by atoms with Gasteiger partial charge in [-0.05, 0) is 28.8 Å². The first-order chi connectivity index (χ1) is 20.0. The number of fused-ring (bicyclic) bond motifs is 1. The van der Waals surface area contributed by atoms with Gasteiger partial charge in [0.05, 0.1) is 11.6 Å². The van der Waals surface area contributed by atoms with Crippen LogP contribution in [0.5, 0.6) is 0 Å². The largest absolute Gasteiger partial charge is 0.387 e. The van der Waals surface area contributed by atoms with E-state index in [1.54, 1.807) is 36.4 Å². The highest BCUT2D eigenvalue weighted by Crippen LogP contribution is 2.36. The highest BCUT2D eigenvalue weighted by Gasteiger charge is 2.46. The van der Waals surface area contributed by atoms with Crippen LogP contribution in [0.2, 0.25) is 10.3 Å². The van der Waals surface area contributed by atoms with Crippen molar-refractivity contribution in [2.24, 2.45) is 0 Å². The average molecular weight is 637 g/mol. The fourth-order valence-corrected chi connectivity index (χ4v) is 5.59. The van der Waals surface area contributed by atoms with Crippen LogP contribution in [0.4, 0.5) is 5.82 Å². The lowest BCUT2D eigenvalue weighted by molar-refractivity contribution is -0.132. The Hall–Kier alpha value is -3.13. The summed E-state index contributed by atoms with van der Waals surface area (Å²) in [7, 11) is -4.67.